The van der Waals surface area contributed by atoms with Gasteiger partial charge in [0.1, 0.15) is 0 Å². The highest BCUT2D eigenvalue weighted by atomic mass is 16.4. The summed E-state index contributed by atoms with van der Waals surface area (Å²) in [5.74, 6) is -1.57. The van der Waals surface area contributed by atoms with Crippen LogP contribution in [0.2, 0.25) is 0 Å². The molecule has 0 aliphatic carbocycles. The topological polar surface area (TPSA) is 137 Å². The van der Waals surface area contributed by atoms with Gasteiger partial charge in [-0.05, 0) is 67.8 Å². The first kappa shape index (κ1) is 27.9. The number of anilines is 2. The summed E-state index contributed by atoms with van der Waals surface area (Å²) in [6.45, 7) is 5.62. The highest BCUT2D eigenvalue weighted by Crippen LogP contribution is 2.22. The summed E-state index contributed by atoms with van der Waals surface area (Å²) >= 11 is 0. The summed E-state index contributed by atoms with van der Waals surface area (Å²) < 4.78 is 0. The molecule has 3 rings (SSSR count). The molecule has 3 aromatic rings. The Kier molecular flexibility index (Phi) is 9.21. The first-order valence-corrected chi connectivity index (χ1v) is 12.2. The molecule has 5 N–H and O–H groups in total. The lowest BCUT2D eigenvalue weighted by atomic mass is 9.92. The molecule has 0 radical (unpaired) electrons. The standard InChI is InChI=1S/C29H32N4O5/c1-19-7-4-5-10-24(19)32-28(38)31-23-13-11-20(12-14-23)17-25(34)33-29(2,3)22-9-6-8-21(18-22)27(37)30-16-15-26(35)36/h4-14,18H,15-17H2,1-3H3,(H,30,37)(H,33,34)(H,35,36)(H2,31,32,38). The molecule has 0 aliphatic rings. The van der Waals surface area contributed by atoms with Gasteiger partial charge in [0.25, 0.3) is 5.91 Å². The molecule has 0 heterocycles. The third kappa shape index (κ3) is 8.19. The molecule has 0 atom stereocenters. The van der Waals surface area contributed by atoms with Crippen LogP contribution < -0.4 is 21.3 Å². The van der Waals surface area contributed by atoms with E-state index in [2.05, 4.69) is 21.3 Å². The van der Waals surface area contributed by atoms with Crippen molar-refractivity contribution < 1.29 is 24.3 Å². The Morgan fingerprint density at radius 2 is 1.58 bits per heavy atom. The lowest BCUT2D eigenvalue weighted by molar-refractivity contribution is -0.136. The van der Waals surface area contributed by atoms with Crippen LogP contribution in [0.25, 0.3) is 0 Å². The quantitative estimate of drug-likeness (QED) is 0.271. The number of carbonyl (C=O) groups excluding carboxylic acids is 3. The lowest BCUT2D eigenvalue weighted by Gasteiger charge is -2.27. The van der Waals surface area contributed by atoms with Crippen LogP contribution in [-0.4, -0.2) is 35.5 Å². The number of aryl methyl sites for hydroxylation is 1. The van der Waals surface area contributed by atoms with Gasteiger partial charge in [-0.25, -0.2) is 4.79 Å². The molecule has 9 heteroatoms. The minimum atomic E-state index is -0.988. The van der Waals surface area contributed by atoms with Gasteiger partial charge in [0.2, 0.25) is 5.91 Å². The molecule has 0 aromatic heterocycles. The van der Waals surface area contributed by atoms with Crippen LogP contribution in [-0.2, 0) is 21.5 Å². The van der Waals surface area contributed by atoms with E-state index in [4.69, 9.17) is 5.11 Å². The summed E-state index contributed by atoms with van der Waals surface area (Å²) in [4.78, 5) is 48.1. The number of aliphatic carboxylic acids is 1. The molecule has 4 amide bonds. The second kappa shape index (κ2) is 12.5. The van der Waals surface area contributed by atoms with E-state index in [0.717, 1.165) is 22.4 Å². The molecule has 38 heavy (non-hydrogen) atoms. The molecule has 0 spiro atoms. The summed E-state index contributed by atoms with van der Waals surface area (Å²) in [6.07, 6.45) is -0.0287. The number of urea groups is 1. The van der Waals surface area contributed by atoms with Crippen LogP contribution in [0.15, 0.2) is 72.8 Å². The smallest absolute Gasteiger partial charge is 0.323 e. The van der Waals surface area contributed by atoms with E-state index in [1.54, 1.807) is 42.5 Å². The van der Waals surface area contributed by atoms with Gasteiger partial charge in [-0.2, -0.15) is 0 Å². The van der Waals surface area contributed by atoms with Crippen LogP contribution in [0.1, 0.15) is 47.3 Å². The predicted molar refractivity (Wildman–Crippen MR) is 146 cm³/mol. The third-order valence-corrected chi connectivity index (χ3v) is 5.89. The molecule has 0 fully saturated rings. The molecule has 198 valence electrons. The van der Waals surface area contributed by atoms with Crippen molar-refractivity contribution in [3.63, 3.8) is 0 Å². The largest absolute Gasteiger partial charge is 0.481 e. The second-order valence-corrected chi connectivity index (χ2v) is 9.42. The monoisotopic (exact) mass is 516 g/mol. The number of nitrogens with one attached hydrogen (secondary N) is 4. The lowest BCUT2D eigenvalue weighted by Crippen LogP contribution is -2.42. The molecule has 0 saturated carbocycles. The number of rotatable bonds is 10. The normalized spacial score (nSPS) is 10.8. The van der Waals surface area contributed by atoms with Crippen molar-refractivity contribution in [1.82, 2.24) is 10.6 Å². The van der Waals surface area contributed by atoms with Gasteiger partial charge >= 0.3 is 12.0 Å². The van der Waals surface area contributed by atoms with Crippen molar-refractivity contribution in [3.05, 3.63) is 95.1 Å². The number of para-hydroxylation sites is 1. The minimum Gasteiger partial charge on any atom is -0.481 e. The number of carboxylic acids is 1. The summed E-state index contributed by atoms with van der Waals surface area (Å²) in [7, 11) is 0. The highest BCUT2D eigenvalue weighted by molar-refractivity contribution is 6.00. The Hall–Kier alpha value is -4.66. The van der Waals surface area contributed by atoms with Gasteiger partial charge in [-0.15, -0.1) is 0 Å². The van der Waals surface area contributed by atoms with E-state index in [-0.39, 0.29) is 37.2 Å². The molecule has 9 nitrogen and oxygen atoms in total. The number of hydrogen-bond donors (Lipinski definition) is 5. The predicted octanol–water partition coefficient (Wildman–Crippen LogP) is 4.44. The van der Waals surface area contributed by atoms with Crippen LogP contribution in [0.5, 0.6) is 0 Å². The van der Waals surface area contributed by atoms with E-state index >= 15 is 0 Å². The van der Waals surface area contributed by atoms with Crippen molar-refractivity contribution >= 4 is 35.2 Å². The first-order chi connectivity index (χ1) is 18.0. The number of carboxylic acid groups (broad SMARTS) is 1. The molecule has 0 aliphatic heterocycles. The number of carbonyl (C=O) groups is 4. The Morgan fingerprint density at radius 1 is 0.868 bits per heavy atom. The molecule has 0 saturated heterocycles. The average molecular weight is 517 g/mol. The Balaban J connectivity index is 1.55. The highest BCUT2D eigenvalue weighted by Gasteiger charge is 2.24. The molecular weight excluding hydrogens is 484 g/mol. The Bertz CT molecular complexity index is 1320. The number of hydrogen-bond acceptors (Lipinski definition) is 4. The van der Waals surface area contributed by atoms with Crippen LogP contribution >= 0.6 is 0 Å². The average Bonchev–Trinajstić information content (AvgIpc) is 2.86. The maximum Gasteiger partial charge on any atom is 0.323 e. The fourth-order valence-electron chi connectivity index (χ4n) is 3.79. The minimum absolute atomic E-state index is 0.0319. The van der Waals surface area contributed by atoms with Crippen molar-refractivity contribution in [2.45, 2.75) is 39.2 Å². The van der Waals surface area contributed by atoms with Crippen LogP contribution in [0.4, 0.5) is 16.2 Å². The zero-order chi connectivity index (χ0) is 27.7. The summed E-state index contributed by atoms with van der Waals surface area (Å²) in [5, 5.41) is 19.9. The zero-order valence-electron chi connectivity index (χ0n) is 21.6. The second-order valence-electron chi connectivity index (χ2n) is 9.42. The molecule has 0 bridgehead atoms. The van der Waals surface area contributed by atoms with E-state index in [0.29, 0.717) is 11.3 Å². The maximum atomic E-state index is 12.8. The Labute approximate surface area is 221 Å². The number of benzene rings is 3. The molecule has 0 unspecified atom stereocenters. The van der Waals surface area contributed by atoms with Crippen molar-refractivity contribution in [2.24, 2.45) is 0 Å². The fourth-order valence-corrected chi connectivity index (χ4v) is 3.79. The zero-order valence-corrected chi connectivity index (χ0v) is 21.6. The Morgan fingerprint density at radius 3 is 2.26 bits per heavy atom. The number of amides is 4. The van der Waals surface area contributed by atoms with Crippen molar-refractivity contribution in [2.75, 3.05) is 17.2 Å². The van der Waals surface area contributed by atoms with Gasteiger partial charge in [0, 0.05) is 23.5 Å². The van der Waals surface area contributed by atoms with Gasteiger partial charge < -0.3 is 26.4 Å². The third-order valence-electron chi connectivity index (χ3n) is 5.89. The summed E-state index contributed by atoms with van der Waals surface area (Å²) in [5.41, 5.74) is 3.40. The maximum absolute atomic E-state index is 12.8. The van der Waals surface area contributed by atoms with E-state index in [9.17, 15) is 19.2 Å². The van der Waals surface area contributed by atoms with E-state index < -0.39 is 11.5 Å². The molecule has 3 aromatic carbocycles. The van der Waals surface area contributed by atoms with Gasteiger partial charge in [0.15, 0.2) is 0 Å². The van der Waals surface area contributed by atoms with E-state index in [1.165, 1.54) is 0 Å². The SMILES string of the molecule is Cc1ccccc1NC(=O)Nc1ccc(CC(=O)NC(C)(C)c2cccc(C(=O)NCCC(=O)O)c2)cc1. The molecular formula is C29H32N4O5. The van der Waals surface area contributed by atoms with Gasteiger partial charge in [0.05, 0.1) is 18.4 Å². The van der Waals surface area contributed by atoms with Crippen molar-refractivity contribution in [1.29, 1.82) is 0 Å². The fraction of sp³-hybridized carbons (Fsp3) is 0.241. The van der Waals surface area contributed by atoms with E-state index in [1.807, 2.05) is 51.1 Å². The van der Waals surface area contributed by atoms with Crippen LogP contribution in [0, 0.1) is 6.92 Å². The van der Waals surface area contributed by atoms with Gasteiger partial charge in [-0.3, -0.25) is 14.4 Å². The van der Waals surface area contributed by atoms with Crippen LogP contribution in [0.3, 0.4) is 0 Å². The summed E-state index contributed by atoms with van der Waals surface area (Å²) in [6, 6.07) is 21.0. The first-order valence-electron chi connectivity index (χ1n) is 12.2. The van der Waals surface area contributed by atoms with Crippen molar-refractivity contribution in [3.8, 4) is 0 Å². The van der Waals surface area contributed by atoms with Gasteiger partial charge in [-0.1, -0.05) is 42.5 Å².